The number of ether oxygens (including phenoxy) is 4. The van der Waals surface area contributed by atoms with Crippen LogP contribution in [-0.4, -0.2) is 89.6 Å². The van der Waals surface area contributed by atoms with Gasteiger partial charge < -0.3 is 39.4 Å². The molecule has 1 fully saturated rings. The second-order valence-electron chi connectivity index (χ2n) is 14.4. The number of unbranched alkanes of at least 4 members (excludes halogenated alkanes) is 10. The normalized spacial score (nSPS) is 21.4. The first-order chi connectivity index (χ1) is 27.4. The van der Waals surface area contributed by atoms with Crippen molar-refractivity contribution in [1.82, 2.24) is 0 Å². The van der Waals surface area contributed by atoms with Gasteiger partial charge in [0.05, 0.1) is 19.8 Å². The maximum absolute atomic E-state index is 12.8. The van der Waals surface area contributed by atoms with Crippen LogP contribution in [0.3, 0.4) is 0 Å². The minimum Gasteiger partial charge on any atom is -0.457 e. The third kappa shape index (κ3) is 28.7. The van der Waals surface area contributed by atoms with E-state index in [2.05, 4.69) is 98.9 Å². The Balaban J connectivity index is 2.32. The number of hydrogen-bond acceptors (Lipinski definition) is 9. The molecule has 0 bridgehead atoms. The highest BCUT2D eigenvalue weighted by Gasteiger charge is 2.44. The maximum atomic E-state index is 12.8. The molecule has 0 saturated carbocycles. The summed E-state index contributed by atoms with van der Waals surface area (Å²) in [6.07, 6.45) is 43.2. The molecule has 1 aliphatic heterocycles. The number of allylic oxidation sites excluding steroid dienone is 14. The van der Waals surface area contributed by atoms with Gasteiger partial charge in [-0.2, -0.15) is 0 Å². The first kappa shape index (κ1) is 51.4. The molecule has 0 amide bonds. The van der Waals surface area contributed by atoms with Crippen molar-refractivity contribution < 1.29 is 44.2 Å². The maximum Gasteiger partial charge on any atom is 0.306 e. The van der Waals surface area contributed by atoms with Crippen molar-refractivity contribution in [3.05, 3.63) is 85.1 Å². The van der Waals surface area contributed by atoms with E-state index in [1.165, 1.54) is 19.3 Å². The van der Waals surface area contributed by atoms with E-state index in [1.54, 1.807) is 0 Å². The molecule has 6 unspecified atom stereocenters. The Kier molecular flexibility index (Phi) is 34.8. The average Bonchev–Trinajstić information content (AvgIpc) is 3.20. The molecule has 0 radical (unpaired) electrons. The molecule has 0 aromatic rings. The molecule has 1 saturated heterocycles. The summed E-state index contributed by atoms with van der Waals surface area (Å²) in [6, 6.07) is 0. The number of carbonyl (C=O) groups is 1. The zero-order chi connectivity index (χ0) is 40.7. The minimum atomic E-state index is -1.55. The lowest BCUT2D eigenvalue weighted by Gasteiger charge is -2.39. The summed E-state index contributed by atoms with van der Waals surface area (Å²) in [7, 11) is 0. The van der Waals surface area contributed by atoms with Crippen molar-refractivity contribution in [3.63, 3.8) is 0 Å². The molecule has 0 spiro atoms. The van der Waals surface area contributed by atoms with Gasteiger partial charge in [-0.1, -0.05) is 137 Å². The van der Waals surface area contributed by atoms with E-state index in [0.29, 0.717) is 13.0 Å². The third-order valence-electron chi connectivity index (χ3n) is 9.31. The first-order valence-corrected chi connectivity index (χ1v) is 21.7. The molecule has 1 heterocycles. The fourth-order valence-corrected chi connectivity index (χ4v) is 5.97. The molecule has 320 valence electrons. The Morgan fingerprint density at radius 1 is 0.571 bits per heavy atom. The Hall–Kier alpha value is -2.63. The van der Waals surface area contributed by atoms with Gasteiger partial charge in [-0.05, 0) is 83.5 Å². The second-order valence-corrected chi connectivity index (χ2v) is 14.4. The zero-order valence-corrected chi connectivity index (χ0v) is 34.8. The Morgan fingerprint density at radius 3 is 1.55 bits per heavy atom. The van der Waals surface area contributed by atoms with Crippen molar-refractivity contribution in [2.75, 3.05) is 26.4 Å². The Morgan fingerprint density at radius 2 is 1.04 bits per heavy atom. The van der Waals surface area contributed by atoms with Crippen LogP contribution >= 0.6 is 0 Å². The number of esters is 1. The predicted molar refractivity (Wildman–Crippen MR) is 228 cm³/mol. The molecule has 6 atom stereocenters. The monoisotopic (exact) mass is 787 g/mol. The summed E-state index contributed by atoms with van der Waals surface area (Å²) in [5.41, 5.74) is 0. The number of rotatable bonds is 35. The molecule has 0 aromatic heterocycles. The fourth-order valence-electron chi connectivity index (χ4n) is 5.97. The zero-order valence-electron chi connectivity index (χ0n) is 34.8. The quantitative estimate of drug-likeness (QED) is 0.0282. The largest absolute Gasteiger partial charge is 0.457 e. The van der Waals surface area contributed by atoms with Gasteiger partial charge in [0, 0.05) is 13.0 Å². The van der Waals surface area contributed by atoms with Crippen molar-refractivity contribution in [1.29, 1.82) is 0 Å². The Bertz CT molecular complexity index is 1120. The van der Waals surface area contributed by atoms with Crippen molar-refractivity contribution >= 4 is 5.97 Å². The lowest BCUT2D eigenvalue weighted by molar-refractivity contribution is -0.305. The van der Waals surface area contributed by atoms with Crippen molar-refractivity contribution in [3.8, 4) is 0 Å². The van der Waals surface area contributed by atoms with Gasteiger partial charge in [-0.25, -0.2) is 0 Å². The molecule has 4 N–H and O–H groups in total. The van der Waals surface area contributed by atoms with Crippen LogP contribution in [0, 0.1) is 0 Å². The van der Waals surface area contributed by atoms with Crippen LogP contribution in [0.4, 0.5) is 0 Å². The molecule has 0 aromatic carbocycles. The molecule has 1 aliphatic rings. The first-order valence-electron chi connectivity index (χ1n) is 21.7. The van der Waals surface area contributed by atoms with Gasteiger partial charge in [0.15, 0.2) is 6.29 Å². The van der Waals surface area contributed by atoms with Gasteiger partial charge in [0.25, 0.3) is 0 Å². The summed E-state index contributed by atoms with van der Waals surface area (Å²) in [6.45, 7) is 4.22. The molecular weight excluding hydrogens is 709 g/mol. The number of aliphatic hydroxyl groups is 4. The van der Waals surface area contributed by atoms with Crippen molar-refractivity contribution in [2.45, 2.75) is 179 Å². The molecule has 9 heteroatoms. The fraction of sp³-hybridized carbons (Fsp3) is 0.681. The van der Waals surface area contributed by atoms with Crippen LogP contribution in [0.25, 0.3) is 0 Å². The summed E-state index contributed by atoms with van der Waals surface area (Å²) in [5.74, 6) is -0.340. The summed E-state index contributed by atoms with van der Waals surface area (Å²) < 4.78 is 22.7. The molecule has 0 aliphatic carbocycles. The molecule has 1 rings (SSSR count). The predicted octanol–water partition coefficient (Wildman–Crippen LogP) is 9.47. The SMILES string of the molecule is CC/C=C\C/C=C\C/C=C\C/C=C\CCCCCOCC(COC1OC(CO)C(O)C(O)C1O)OC(=O)CCCCCCCCC/C=C\C/C=C\C/C=C\CC. The highest BCUT2D eigenvalue weighted by molar-refractivity contribution is 5.69. The van der Waals surface area contributed by atoms with E-state index in [4.69, 9.17) is 18.9 Å². The smallest absolute Gasteiger partial charge is 0.306 e. The van der Waals surface area contributed by atoms with Crippen LogP contribution in [0.1, 0.15) is 142 Å². The van der Waals surface area contributed by atoms with E-state index >= 15 is 0 Å². The minimum absolute atomic E-state index is 0.114. The van der Waals surface area contributed by atoms with Crippen LogP contribution in [0.2, 0.25) is 0 Å². The van der Waals surface area contributed by atoms with E-state index in [0.717, 1.165) is 103 Å². The van der Waals surface area contributed by atoms with Gasteiger partial charge in [-0.3, -0.25) is 4.79 Å². The highest BCUT2D eigenvalue weighted by Crippen LogP contribution is 2.22. The van der Waals surface area contributed by atoms with Gasteiger partial charge in [0.2, 0.25) is 0 Å². The second kappa shape index (κ2) is 37.9. The van der Waals surface area contributed by atoms with E-state index in [1.807, 2.05) is 0 Å². The highest BCUT2D eigenvalue weighted by atomic mass is 16.7. The lowest BCUT2D eigenvalue weighted by Crippen LogP contribution is -2.59. The third-order valence-corrected chi connectivity index (χ3v) is 9.31. The van der Waals surface area contributed by atoms with E-state index < -0.39 is 43.4 Å². The number of aliphatic hydroxyl groups excluding tert-OH is 4. The van der Waals surface area contributed by atoms with Crippen LogP contribution < -0.4 is 0 Å². The number of carbonyl (C=O) groups excluding carboxylic acids is 1. The molecular formula is C47H78O9. The molecule has 9 nitrogen and oxygen atoms in total. The average molecular weight is 787 g/mol. The van der Waals surface area contributed by atoms with Gasteiger partial charge in [-0.15, -0.1) is 0 Å². The van der Waals surface area contributed by atoms with E-state index in [-0.39, 0.29) is 19.2 Å². The summed E-state index contributed by atoms with van der Waals surface area (Å²) >= 11 is 0. The molecule has 56 heavy (non-hydrogen) atoms. The topological polar surface area (TPSA) is 135 Å². The standard InChI is InChI=1S/C47H78O9/c1-3-5-7-9-11-13-15-17-19-21-22-24-26-28-30-32-34-36-43(49)55-41(40-54-47-46(52)45(51)44(50)42(38-48)56-47)39-53-37-35-33-31-29-27-25-23-20-18-16-14-12-10-8-6-4-2/h5-8,11-14,17-20,25,27,41-42,44-48,50-52H,3-4,9-10,15-16,21-24,26,28-40H2,1-2H3/b7-5-,8-6-,13-11-,14-12-,19-17-,20-18-,27-25-. The van der Waals surface area contributed by atoms with Crippen LogP contribution in [0.15, 0.2) is 85.1 Å². The Labute approximate surface area is 339 Å². The summed E-state index contributed by atoms with van der Waals surface area (Å²) in [5, 5.41) is 40.1. The van der Waals surface area contributed by atoms with Gasteiger partial charge >= 0.3 is 5.97 Å². The number of hydrogen-bond donors (Lipinski definition) is 4. The van der Waals surface area contributed by atoms with E-state index in [9.17, 15) is 25.2 Å². The van der Waals surface area contributed by atoms with Crippen LogP contribution in [0.5, 0.6) is 0 Å². The summed E-state index contributed by atoms with van der Waals surface area (Å²) in [4.78, 5) is 12.8. The van der Waals surface area contributed by atoms with Crippen LogP contribution in [-0.2, 0) is 23.7 Å². The van der Waals surface area contributed by atoms with Crippen molar-refractivity contribution in [2.24, 2.45) is 0 Å². The van der Waals surface area contributed by atoms with Gasteiger partial charge in [0.1, 0.15) is 30.5 Å². The lowest BCUT2D eigenvalue weighted by atomic mass is 9.99.